The lowest BCUT2D eigenvalue weighted by Crippen LogP contribution is -2.11. The largest absolute Gasteiger partial charge is 0.435 e. The molecule has 0 saturated carbocycles. The number of hydrogen-bond donors (Lipinski definition) is 0. The number of anilines is 3. The van der Waals surface area contributed by atoms with E-state index in [0.717, 1.165) is 66.8 Å². The average molecular weight is 717 g/mol. The van der Waals surface area contributed by atoms with Gasteiger partial charge in [0.2, 0.25) is 5.89 Å². The van der Waals surface area contributed by atoms with Crippen LogP contribution in [0.2, 0.25) is 0 Å². The van der Waals surface area contributed by atoms with E-state index in [1.807, 2.05) is 30.3 Å². The van der Waals surface area contributed by atoms with Crippen molar-refractivity contribution in [1.29, 1.82) is 0 Å². The van der Waals surface area contributed by atoms with Gasteiger partial charge in [0, 0.05) is 33.5 Å². The average Bonchev–Trinajstić information content (AvgIpc) is 3.74. The highest BCUT2D eigenvalue weighted by Gasteiger charge is 2.19. The summed E-state index contributed by atoms with van der Waals surface area (Å²) in [5, 5.41) is 2.22. The molecule has 0 fully saturated rings. The number of nitrogens with zero attached hydrogens (tertiary/aromatic N) is 2. The first-order valence-corrected chi connectivity index (χ1v) is 19.0. The molecule has 1 heterocycles. The second kappa shape index (κ2) is 14.4. The topological polar surface area (TPSA) is 29.3 Å². The first kappa shape index (κ1) is 33.1. The van der Waals surface area contributed by atoms with Crippen molar-refractivity contribution in [2.75, 3.05) is 4.90 Å². The first-order chi connectivity index (χ1) is 27.8. The van der Waals surface area contributed by atoms with Crippen LogP contribution in [0.3, 0.4) is 0 Å². The van der Waals surface area contributed by atoms with Gasteiger partial charge < -0.3 is 9.32 Å². The lowest BCUT2D eigenvalue weighted by Gasteiger charge is -2.28. The summed E-state index contributed by atoms with van der Waals surface area (Å²) in [6.45, 7) is 0. The molecule has 0 spiro atoms. The van der Waals surface area contributed by atoms with Gasteiger partial charge in [-0.05, 0) is 87.3 Å². The summed E-state index contributed by atoms with van der Waals surface area (Å²) >= 11 is 0. The lowest BCUT2D eigenvalue weighted by atomic mass is 9.97. The van der Waals surface area contributed by atoms with Crippen LogP contribution in [0.1, 0.15) is 0 Å². The van der Waals surface area contributed by atoms with Gasteiger partial charge in [0.1, 0.15) is 5.52 Å². The Morgan fingerprint density at radius 1 is 0.357 bits per heavy atom. The van der Waals surface area contributed by atoms with Crippen LogP contribution in [0.15, 0.2) is 223 Å². The van der Waals surface area contributed by atoms with E-state index in [4.69, 9.17) is 9.40 Å². The molecule has 0 aliphatic carbocycles. The highest BCUT2D eigenvalue weighted by molar-refractivity contribution is 6.10. The van der Waals surface area contributed by atoms with Crippen LogP contribution in [0, 0.1) is 0 Å². The van der Waals surface area contributed by atoms with Crippen molar-refractivity contribution in [1.82, 2.24) is 4.98 Å². The highest BCUT2D eigenvalue weighted by Crippen LogP contribution is 2.42. The van der Waals surface area contributed by atoms with Gasteiger partial charge in [0.05, 0.1) is 5.69 Å². The molecule has 0 N–H and O–H groups in total. The van der Waals surface area contributed by atoms with E-state index in [0.29, 0.717) is 5.89 Å². The van der Waals surface area contributed by atoms with Crippen LogP contribution in [-0.2, 0) is 0 Å². The number of rotatable bonds is 8. The number of benzene rings is 9. The Balaban J connectivity index is 1.01. The zero-order valence-electron chi connectivity index (χ0n) is 30.6. The predicted octanol–water partition coefficient (Wildman–Crippen LogP) is 14.8. The van der Waals surface area contributed by atoms with Crippen molar-refractivity contribution in [2.24, 2.45) is 0 Å². The van der Waals surface area contributed by atoms with E-state index in [1.165, 1.54) is 22.3 Å². The number of aromatic nitrogens is 1. The molecule has 0 aliphatic rings. The Labute approximate surface area is 326 Å². The smallest absolute Gasteiger partial charge is 0.227 e. The molecule has 10 rings (SSSR count). The molecule has 0 atom stereocenters. The summed E-state index contributed by atoms with van der Waals surface area (Å²) in [7, 11) is 0. The highest BCUT2D eigenvalue weighted by atomic mass is 16.3. The van der Waals surface area contributed by atoms with Gasteiger partial charge >= 0.3 is 0 Å². The summed E-state index contributed by atoms with van der Waals surface area (Å²) in [5.74, 6) is 0.627. The number of oxazole rings is 1. The fourth-order valence-electron chi connectivity index (χ4n) is 7.70. The summed E-state index contributed by atoms with van der Waals surface area (Å²) in [6, 6.07) is 77.0. The maximum Gasteiger partial charge on any atom is 0.227 e. The minimum Gasteiger partial charge on any atom is -0.435 e. The van der Waals surface area contributed by atoms with Gasteiger partial charge in [0.15, 0.2) is 5.58 Å². The van der Waals surface area contributed by atoms with E-state index in [1.54, 1.807) is 0 Å². The molecule has 0 amide bonds. The van der Waals surface area contributed by atoms with Crippen LogP contribution in [0.5, 0.6) is 0 Å². The minimum absolute atomic E-state index is 0.627. The first-order valence-electron chi connectivity index (χ1n) is 19.0. The molecule has 10 aromatic rings. The van der Waals surface area contributed by atoms with Crippen LogP contribution in [0.4, 0.5) is 17.1 Å². The van der Waals surface area contributed by atoms with Crippen molar-refractivity contribution in [3.63, 3.8) is 0 Å². The molecule has 0 radical (unpaired) electrons. The number of hydrogen-bond acceptors (Lipinski definition) is 3. The van der Waals surface area contributed by atoms with Crippen molar-refractivity contribution >= 4 is 38.9 Å². The Bertz CT molecular complexity index is 2920. The van der Waals surface area contributed by atoms with Gasteiger partial charge in [0.25, 0.3) is 0 Å². The Kier molecular flexibility index (Phi) is 8.51. The standard InChI is InChI=1S/C53H36N2O/c1-4-14-37(15-5-1)39-28-32-45(33-29-39)55(50-23-13-12-21-47(50)41-16-6-2-7-17-41)46-34-30-40(31-35-46)38-24-26-42(27-25-38)49-36-44-20-10-11-22-48(44)51-52(49)56-53(54-51)43-18-8-3-9-19-43/h1-36H. The minimum atomic E-state index is 0.627. The van der Waals surface area contributed by atoms with Crippen molar-refractivity contribution < 1.29 is 4.42 Å². The third-order valence-electron chi connectivity index (χ3n) is 10.5. The molecule has 0 unspecified atom stereocenters. The van der Waals surface area contributed by atoms with Crippen molar-refractivity contribution in [3.8, 4) is 56.0 Å². The van der Waals surface area contributed by atoms with E-state index < -0.39 is 0 Å². The normalized spacial score (nSPS) is 11.2. The second-order valence-electron chi connectivity index (χ2n) is 14.0. The molecular weight excluding hydrogens is 681 g/mol. The van der Waals surface area contributed by atoms with E-state index in [-0.39, 0.29) is 0 Å². The van der Waals surface area contributed by atoms with E-state index in [2.05, 4.69) is 193 Å². The van der Waals surface area contributed by atoms with Crippen molar-refractivity contribution in [3.05, 3.63) is 218 Å². The predicted molar refractivity (Wildman–Crippen MR) is 233 cm³/mol. The monoisotopic (exact) mass is 716 g/mol. The molecule has 0 saturated heterocycles. The Morgan fingerprint density at radius 2 is 0.804 bits per heavy atom. The fourth-order valence-corrected chi connectivity index (χ4v) is 7.70. The molecule has 3 nitrogen and oxygen atoms in total. The van der Waals surface area contributed by atoms with Crippen LogP contribution < -0.4 is 4.90 Å². The third-order valence-corrected chi connectivity index (χ3v) is 10.5. The molecule has 3 heteroatoms. The molecule has 0 aliphatic heterocycles. The lowest BCUT2D eigenvalue weighted by molar-refractivity contribution is 0.621. The summed E-state index contributed by atoms with van der Waals surface area (Å²) in [4.78, 5) is 7.36. The van der Waals surface area contributed by atoms with Crippen molar-refractivity contribution in [2.45, 2.75) is 0 Å². The van der Waals surface area contributed by atoms with Gasteiger partial charge in [-0.25, -0.2) is 4.98 Å². The SMILES string of the molecule is c1ccc(-c2ccc(N(c3ccc(-c4ccc(-c5cc6ccccc6c6nc(-c7ccccc7)oc56)cc4)cc3)c3ccccc3-c3ccccc3)cc2)cc1. The molecule has 1 aromatic heterocycles. The molecule has 264 valence electrons. The van der Waals surface area contributed by atoms with Gasteiger partial charge in [-0.2, -0.15) is 0 Å². The van der Waals surface area contributed by atoms with E-state index in [9.17, 15) is 0 Å². The molecular formula is C53H36N2O. The quantitative estimate of drug-likeness (QED) is 0.157. The van der Waals surface area contributed by atoms with Crippen LogP contribution >= 0.6 is 0 Å². The third kappa shape index (κ3) is 6.21. The Morgan fingerprint density at radius 3 is 1.43 bits per heavy atom. The zero-order chi connectivity index (χ0) is 37.3. The van der Waals surface area contributed by atoms with E-state index >= 15 is 0 Å². The molecule has 0 bridgehead atoms. The fraction of sp³-hybridized carbons (Fsp3) is 0. The number of para-hydroxylation sites is 1. The van der Waals surface area contributed by atoms with Gasteiger partial charge in [-0.1, -0.05) is 170 Å². The maximum atomic E-state index is 6.52. The summed E-state index contributed by atoms with van der Waals surface area (Å²) in [6.07, 6.45) is 0. The Hall–Kier alpha value is -7.49. The maximum absolute atomic E-state index is 6.52. The number of fused-ring (bicyclic) bond motifs is 3. The molecule has 9 aromatic carbocycles. The summed E-state index contributed by atoms with van der Waals surface area (Å²) < 4.78 is 6.52. The van der Waals surface area contributed by atoms with Crippen LogP contribution in [0.25, 0.3) is 77.8 Å². The van der Waals surface area contributed by atoms with Gasteiger partial charge in [-0.3, -0.25) is 0 Å². The summed E-state index contributed by atoms with van der Waals surface area (Å²) in [5.41, 5.74) is 15.1. The van der Waals surface area contributed by atoms with Gasteiger partial charge in [-0.15, -0.1) is 0 Å². The van der Waals surface area contributed by atoms with Crippen LogP contribution in [-0.4, -0.2) is 4.98 Å². The zero-order valence-corrected chi connectivity index (χ0v) is 30.6. The molecule has 56 heavy (non-hydrogen) atoms. The second-order valence-corrected chi connectivity index (χ2v) is 14.0.